The van der Waals surface area contributed by atoms with Crippen molar-refractivity contribution in [3.05, 3.63) is 35.1 Å². The molecule has 0 aliphatic carbocycles. The van der Waals surface area contributed by atoms with Gasteiger partial charge in [0.1, 0.15) is 0 Å². The molecular weight excluding hydrogens is 238 g/mol. The van der Waals surface area contributed by atoms with Gasteiger partial charge in [-0.25, -0.2) is 0 Å². The molecule has 2 heterocycles. The summed E-state index contributed by atoms with van der Waals surface area (Å²) >= 11 is 5.83. The second-order valence-corrected chi connectivity index (χ2v) is 4.54. The molecule has 0 spiro atoms. The van der Waals surface area contributed by atoms with Gasteiger partial charge in [0.05, 0.1) is 5.69 Å². The lowest BCUT2D eigenvalue weighted by Crippen LogP contribution is -2.09. The van der Waals surface area contributed by atoms with Gasteiger partial charge in [-0.05, 0) is 42.4 Å². The van der Waals surface area contributed by atoms with Crippen LogP contribution in [0, 0.1) is 0 Å². The molecule has 1 N–H and O–H groups in total. The van der Waals surface area contributed by atoms with Crippen LogP contribution in [0.2, 0.25) is 5.02 Å². The summed E-state index contributed by atoms with van der Waals surface area (Å²) in [5.74, 6) is 1.20. The van der Waals surface area contributed by atoms with Crippen LogP contribution in [-0.4, -0.2) is 33.3 Å². The van der Waals surface area contributed by atoms with Crippen molar-refractivity contribution in [1.29, 1.82) is 0 Å². The van der Waals surface area contributed by atoms with Crippen LogP contribution in [0.1, 0.15) is 18.2 Å². The summed E-state index contributed by atoms with van der Waals surface area (Å²) in [4.78, 5) is 1.55. The van der Waals surface area contributed by atoms with Crippen molar-refractivity contribution in [1.82, 2.24) is 25.5 Å². The number of hydrogen-bond acceptors (Lipinski definition) is 4. The third-order valence-corrected chi connectivity index (χ3v) is 3.16. The number of rotatable bonds is 2. The van der Waals surface area contributed by atoms with Crippen LogP contribution in [0.25, 0.3) is 5.69 Å². The Balaban J connectivity index is 1.86. The highest BCUT2D eigenvalue weighted by molar-refractivity contribution is 6.30. The number of nitrogens with zero attached hydrogens (tertiary/aromatic N) is 4. The Morgan fingerprint density at radius 2 is 2.12 bits per heavy atom. The number of aromatic nitrogens is 4. The van der Waals surface area contributed by atoms with E-state index in [4.69, 9.17) is 11.6 Å². The number of hydrogen-bond donors (Lipinski definition) is 1. The predicted molar refractivity (Wildman–Crippen MR) is 64.4 cm³/mol. The first-order valence-corrected chi connectivity index (χ1v) is 5.97. The van der Waals surface area contributed by atoms with Gasteiger partial charge in [-0.15, -0.1) is 15.0 Å². The Hall–Kier alpha value is -1.46. The van der Waals surface area contributed by atoms with Gasteiger partial charge in [0.15, 0.2) is 5.82 Å². The van der Waals surface area contributed by atoms with Crippen molar-refractivity contribution in [2.45, 2.75) is 12.3 Å². The number of benzene rings is 1. The maximum atomic E-state index is 5.83. The van der Waals surface area contributed by atoms with E-state index in [0.29, 0.717) is 10.9 Å². The lowest BCUT2D eigenvalue weighted by molar-refractivity contribution is 0.688. The van der Waals surface area contributed by atoms with E-state index in [1.54, 1.807) is 4.80 Å². The molecule has 1 aromatic carbocycles. The van der Waals surface area contributed by atoms with Gasteiger partial charge in [0.2, 0.25) is 0 Å². The summed E-state index contributed by atoms with van der Waals surface area (Å²) in [5, 5.41) is 16.6. The Morgan fingerprint density at radius 1 is 1.29 bits per heavy atom. The maximum Gasteiger partial charge on any atom is 0.179 e. The van der Waals surface area contributed by atoms with E-state index in [1.165, 1.54) is 0 Å². The molecule has 1 saturated heterocycles. The van der Waals surface area contributed by atoms with Gasteiger partial charge >= 0.3 is 0 Å². The summed E-state index contributed by atoms with van der Waals surface area (Å²) < 4.78 is 0. The molecule has 0 radical (unpaired) electrons. The van der Waals surface area contributed by atoms with E-state index in [2.05, 4.69) is 20.7 Å². The summed E-state index contributed by atoms with van der Waals surface area (Å²) in [6.45, 7) is 1.96. The minimum Gasteiger partial charge on any atom is -0.316 e. The van der Waals surface area contributed by atoms with Crippen molar-refractivity contribution in [3.8, 4) is 5.69 Å². The fourth-order valence-electron chi connectivity index (χ4n) is 1.95. The van der Waals surface area contributed by atoms with Crippen molar-refractivity contribution < 1.29 is 0 Å². The first kappa shape index (κ1) is 10.7. The van der Waals surface area contributed by atoms with Gasteiger partial charge in [0, 0.05) is 17.5 Å². The Kier molecular flexibility index (Phi) is 2.78. The Morgan fingerprint density at radius 3 is 2.82 bits per heavy atom. The zero-order valence-electron chi connectivity index (χ0n) is 9.17. The maximum absolute atomic E-state index is 5.83. The minimum atomic E-state index is 0.385. The lowest BCUT2D eigenvalue weighted by Gasteiger charge is -2.00. The monoisotopic (exact) mass is 249 g/mol. The summed E-state index contributed by atoms with van der Waals surface area (Å²) in [5.41, 5.74) is 0.874. The zero-order chi connectivity index (χ0) is 11.7. The zero-order valence-corrected chi connectivity index (χ0v) is 9.93. The first-order chi connectivity index (χ1) is 8.33. The molecule has 0 amide bonds. The van der Waals surface area contributed by atoms with E-state index in [1.807, 2.05) is 24.3 Å². The number of tetrazole rings is 1. The van der Waals surface area contributed by atoms with Crippen LogP contribution in [0.5, 0.6) is 0 Å². The summed E-state index contributed by atoms with van der Waals surface area (Å²) in [6, 6.07) is 7.38. The molecule has 1 unspecified atom stereocenters. The molecule has 1 aliphatic rings. The van der Waals surface area contributed by atoms with Gasteiger partial charge in [-0.2, -0.15) is 0 Å². The Bertz CT molecular complexity index is 501. The first-order valence-electron chi connectivity index (χ1n) is 5.59. The summed E-state index contributed by atoms with van der Waals surface area (Å²) in [7, 11) is 0. The lowest BCUT2D eigenvalue weighted by atomic mass is 10.1. The molecule has 0 saturated carbocycles. The van der Waals surface area contributed by atoms with Crippen LogP contribution in [0.3, 0.4) is 0 Å². The Labute approximate surface area is 104 Å². The SMILES string of the molecule is Clc1ccc(-n2nnc(C3CCNC3)n2)cc1. The van der Waals surface area contributed by atoms with E-state index in [9.17, 15) is 0 Å². The molecule has 17 heavy (non-hydrogen) atoms. The molecule has 1 aromatic heterocycles. The third kappa shape index (κ3) is 2.16. The standard InChI is InChI=1S/C11H12ClN5/c12-9-1-3-10(4-2-9)17-15-11(14-16-17)8-5-6-13-7-8/h1-4,8,13H,5-7H2. The van der Waals surface area contributed by atoms with Gasteiger partial charge in [-0.1, -0.05) is 11.6 Å². The number of nitrogens with one attached hydrogen (secondary N) is 1. The molecule has 1 atom stereocenters. The highest BCUT2D eigenvalue weighted by Crippen LogP contribution is 2.18. The minimum absolute atomic E-state index is 0.385. The van der Waals surface area contributed by atoms with Crippen LogP contribution in [-0.2, 0) is 0 Å². The van der Waals surface area contributed by atoms with Gasteiger partial charge in [0.25, 0.3) is 0 Å². The predicted octanol–water partition coefficient (Wildman–Crippen LogP) is 1.39. The van der Waals surface area contributed by atoms with Crippen molar-refractivity contribution in [2.24, 2.45) is 0 Å². The van der Waals surface area contributed by atoms with Crippen LogP contribution in [0.15, 0.2) is 24.3 Å². The fourth-order valence-corrected chi connectivity index (χ4v) is 2.07. The average Bonchev–Trinajstić information content (AvgIpc) is 3.00. The van der Waals surface area contributed by atoms with E-state index >= 15 is 0 Å². The molecule has 0 bridgehead atoms. The van der Waals surface area contributed by atoms with E-state index in [0.717, 1.165) is 31.0 Å². The van der Waals surface area contributed by atoms with Gasteiger partial charge < -0.3 is 5.32 Å². The second-order valence-electron chi connectivity index (χ2n) is 4.10. The molecule has 1 fully saturated rings. The molecule has 2 aromatic rings. The smallest absolute Gasteiger partial charge is 0.179 e. The van der Waals surface area contributed by atoms with Crippen LogP contribution >= 0.6 is 11.6 Å². The van der Waals surface area contributed by atoms with E-state index in [-0.39, 0.29) is 0 Å². The third-order valence-electron chi connectivity index (χ3n) is 2.91. The number of halogens is 1. The average molecular weight is 250 g/mol. The molecule has 5 nitrogen and oxygen atoms in total. The van der Waals surface area contributed by atoms with Crippen molar-refractivity contribution >= 4 is 11.6 Å². The second kappa shape index (κ2) is 4.43. The highest BCUT2D eigenvalue weighted by Gasteiger charge is 2.21. The highest BCUT2D eigenvalue weighted by atomic mass is 35.5. The van der Waals surface area contributed by atoms with Crippen LogP contribution in [0.4, 0.5) is 0 Å². The summed E-state index contributed by atoms with van der Waals surface area (Å²) in [6.07, 6.45) is 1.08. The molecular formula is C11H12ClN5. The molecule has 3 rings (SSSR count). The van der Waals surface area contributed by atoms with Gasteiger partial charge in [-0.3, -0.25) is 0 Å². The normalized spacial score (nSPS) is 19.7. The van der Waals surface area contributed by atoms with Crippen molar-refractivity contribution in [2.75, 3.05) is 13.1 Å². The van der Waals surface area contributed by atoms with Crippen molar-refractivity contribution in [3.63, 3.8) is 0 Å². The molecule has 88 valence electrons. The largest absolute Gasteiger partial charge is 0.316 e. The molecule has 6 heteroatoms. The van der Waals surface area contributed by atoms with E-state index < -0.39 is 0 Å². The fraction of sp³-hybridized carbons (Fsp3) is 0.364. The molecule has 1 aliphatic heterocycles. The quantitative estimate of drug-likeness (QED) is 0.874. The van der Waals surface area contributed by atoms with Crippen LogP contribution < -0.4 is 5.32 Å². The topological polar surface area (TPSA) is 55.6 Å².